The minimum absolute atomic E-state index is 0.124. The van der Waals surface area contributed by atoms with Crippen molar-refractivity contribution in [3.8, 4) is 0 Å². The number of aliphatic hydroxyl groups excluding tert-OH is 1. The molecule has 112 valence electrons. The molecule has 1 aromatic rings. The molecule has 0 spiro atoms. The Labute approximate surface area is 125 Å². The summed E-state index contributed by atoms with van der Waals surface area (Å²) in [4.78, 5) is 0. The molecule has 0 bridgehead atoms. The van der Waals surface area contributed by atoms with E-state index in [2.05, 4.69) is 13.8 Å². The van der Waals surface area contributed by atoms with Gasteiger partial charge in [0, 0.05) is 12.0 Å². The zero-order valence-electron chi connectivity index (χ0n) is 12.1. The van der Waals surface area contributed by atoms with Crippen LogP contribution in [0.2, 0.25) is 5.02 Å². The molecule has 20 heavy (non-hydrogen) atoms. The van der Waals surface area contributed by atoms with Gasteiger partial charge >= 0.3 is 0 Å². The molecule has 1 aliphatic rings. The number of hydrogen-bond donors (Lipinski definition) is 2. The van der Waals surface area contributed by atoms with E-state index in [1.807, 2.05) is 0 Å². The molecule has 1 saturated carbocycles. The first kappa shape index (κ1) is 15.7. The second-order valence-corrected chi connectivity index (χ2v) is 7.14. The highest BCUT2D eigenvalue weighted by molar-refractivity contribution is 6.30. The predicted octanol–water partition coefficient (Wildman–Crippen LogP) is 3.54. The summed E-state index contributed by atoms with van der Waals surface area (Å²) in [5.74, 6) is -0.415. The average Bonchev–Trinajstić information content (AvgIpc) is 2.39. The molecule has 0 aliphatic heterocycles. The van der Waals surface area contributed by atoms with Crippen LogP contribution in [0.5, 0.6) is 0 Å². The van der Waals surface area contributed by atoms with Crippen molar-refractivity contribution in [2.75, 3.05) is 6.54 Å². The smallest absolute Gasteiger partial charge is 0.141 e. The van der Waals surface area contributed by atoms with Gasteiger partial charge in [0.1, 0.15) is 5.82 Å². The van der Waals surface area contributed by atoms with Gasteiger partial charge in [-0.25, -0.2) is 4.39 Å². The molecule has 1 aromatic carbocycles. The number of benzene rings is 1. The Morgan fingerprint density at radius 2 is 2.10 bits per heavy atom. The van der Waals surface area contributed by atoms with E-state index in [-0.39, 0.29) is 15.9 Å². The summed E-state index contributed by atoms with van der Waals surface area (Å²) in [6.45, 7) is 4.59. The molecule has 2 rings (SSSR count). The second-order valence-electron chi connectivity index (χ2n) is 6.74. The van der Waals surface area contributed by atoms with Crippen LogP contribution in [0.3, 0.4) is 0 Å². The Kier molecular flexibility index (Phi) is 4.43. The third-order valence-electron chi connectivity index (χ3n) is 4.76. The Balaban J connectivity index is 2.29. The van der Waals surface area contributed by atoms with Crippen LogP contribution in [0.4, 0.5) is 4.39 Å². The zero-order valence-corrected chi connectivity index (χ0v) is 12.9. The molecule has 0 amide bonds. The summed E-state index contributed by atoms with van der Waals surface area (Å²) in [6.07, 6.45) is 3.12. The van der Waals surface area contributed by atoms with Crippen LogP contribution < -0.4 is 5.73 Å². The van der Waals surface area contributed by atoms with Gasteiger partial charge in [-0.15, -0.1) is 0 Å². The van der Waals surface area contributed by atoms with Crippen molar-refractivity contribution >= 4 is 11.6 Å². The Bertz CT molecular complexity index is 491. The van der Waals surface area contributed by atoms with E-state index in [4.69, 9.17) is 17.3 Å². The molecule has 4 heteroatoms. The van der Waals surface area contributed by atoms with Crippen molar-refractivity contribution in [1.29, 1.82) is 0 Å². The molecule has 3 N–H and O–H groups in total. The van der Waals surface area contributed by atoms with E-state index in [1.54, 1.807) is 12.1 Å². The SMILES string of the molecule is CC1(C)CCCC(CN)(Cc2ccc(F)c(Cl)c2)C1O. The number of halogens is 2. The molecule has 0 heterocycles. The molecular weight excluding hydrogens is 277 g/mol. The Morgan fingerprint density at radius 1 is 1.40 bits per heavy atom. The molecule has 2 atom stereocenters. The molecule has 0 aromatic heterocycles. The lowest BCUT2D eigenvalue weighted by Crippen LogP contribution is -2.53. The monoisotopic (exact) mass is 299 g/mol. The van der Waals surface area contributed by atoms with Gasteiger partial charge in [-0.2, -0.15) is 0 Å². The molecule has 2 nitrogen and oxygen atoms in total. The lowest BCUT2D eigenvalue weighted by Gasteiger charge is -2.49. The second kappa shape index (κ2) is 5.63. The molecule has 1 aliphatic carbocycles. The van der Waals surface area contributed by atoms with Crippen molar-refractivity contribution < 1.29 is 9.50 Å². The van der Waals surface area contributed by atoms with Gasteiger partial charge in [0.25, 0.3) is 0 Å². The Morgan fingerprint density at radius 3 is 2.70 bits per heavy atom. The fourth-order valence-corrected chi connectivity index (χ4v) is 3.73. The van der Waals surface area contributed by atoms with Gasteiger partial charge in [-0.05, 0) is 42.4 Å². The maximum Gasteiger partial charge on any atom is 0.141 e. The van der Waals surface area contributed by atoms with Crippen LogP contribution in [-0.4, -0.2) is 17.8 Å². The van der Waals surface area contributed by atoms with Gasteiger partial charge in [-0.1, -0.05) is 37.9 Å². The highest BCUT2D eigenvalue weighted by Crippen LogP contribution is 2.47. The van der Waals surface area contributed by atoms with Crippen molar-refractivity contribution in [1.82, 2.24) is 0 Å². The topological polar surface area (TPSA) is 46.2 Å². The molecular formula is C16H23ClFNO. The lowest BCUT2D eigenvalue weighted by molar-refractivity contribution is -0.0884. The molecule has 2 unspecified atom stereocenters. The fourth-order valence-electron chi connectivity index (χ4n) is 3.53. The molecule has 1 fully saturated rings. The minimum atomic E-state index is -0.461. The molecule has 0 radical (unpaired) electrons. The zero-order chi connectivity index (χ0) is 15.0. The van der Waals surface area contributed by atoms with Gasteiger partial charge in [0.15, 0.2) is 0 Å². The highest BCUT2D eigenvalue weighted by atomic mass is 35.5. The summed E-state index contributed by atoms with van der Waals surface area (Å²) in [5.41, 5.74) is 6.45. The summed E-state index contributed by atoms with van der Waals surface area (Å²) in [5, 5.41) is 10.9. The van der Waals surface area contributed by atoms with Crippen molar-refractivity contribution in [3.63, 3.8) is 0 Å². The van der Waals surface area contributed by atoms with E-state index in [1.165, 1.54) is 6.07 Å². The normalized spacial score (nSPS) is 29.4. The largest absolute Gasteiger partial charge is 0.392 e. The summed E-state index contributed by atoms with van der Waals surface area (Å²) < 4.78 is 13.2. The summed E-state index contributed by atoms with van der Waals surface area (Å²) in [7, 11) is 0. The van der Waals surface area contributed by atoms with Crippen molar-refractivity contribution in [2.45, 2.75) is 45.6 Å². The Hall–Kier alpha value is -0.640. The van der Waals surface area contributed by atoms with E-state index >= 15 is 0 Å². The first-order chi connectivity index (χ1) is 9.31. The van der Waals surface area contributed by atoms with E-state index < -0.39 is 11.9 Å². The van der Waals surface area contributed by atoms with Crippen LogP contribution in [-0.2, 0) is 6.42 Å². The van der Waals surface area contributed by atoms with Gasteiger partial charge in [-0.3, -0.25) is 0 Å². The summed E-state index contributed by atoms with van der Waals surface area (Å²) in [6, 6.07) is 4.75. The lowest BCUT2D eigenvalue weighted by atomic mass is 9.59. The predicted molar refractivity (Wildman–Crippen MR) is 80.2 cm³/mol. The fraction of sp³-hybridized carbons (Fsp3) is 0.625. The van der Waals surface area contributed by atoms with Crippen LogP contribution in [0.25, 0.3) is 0 Å². The number of rotatable bonds is 3. The van der Waals surface area contributed by atoms with E-state index in [9.17, 15) is 9.50 Å². The first-order valence-corrected chi connectivity index (χ1v) is 7.51. The van der Waals surface area contributed by atoms with Gasteiger partial charge in [0.05, 0.1) is 11.1 Å². The van der Waals surface area contributed by atoms with Crippen molar-refractivity contribution in [2.24, 2.45) is 16.6 Å². The van der Waals surface area contributed by atoms with Crippen LogP contribution in [0.1, 0.15) is 38.7 Å². The quantitative estimate of drug-likeness (QED) is 0.897. The van der Waals surface area contributed by atoms with Gasteiger partial charge in [0.2, 0.25) is 0 Å². The first-order valence-electron chi connectivity index (χ1n) is 7.13. The highest BCUT2D eigenvalue weighted by Gasteiger charge is 2.47. The van der Waals surface area contributed by atoms with Crippen LogP contribution in [0, 0.1) is 16.6 Å². The third-order valence-corrected chi connectivity index (χ3v) is 5.05. The minimum Gasteiger partial charge on any atom is -0.392 e. The number of nitrogens with two attached hydrogens (primary N) is 1. The maximum absolute atomic E-state index is 13.2. The van der Waals surface area contributed by atoms with E-state index in [0.29, 0.717) is 13.0 Å². The number of aliphatic hydroxyl groups is 1. The third kappa shape index (κ3) is 2.85. The molecule has 0 saturated heterocycles. The number of hydrogen-bond acceptors (Lipinski definition) is 2. The van der Waals surface area contributed by atoms with Crippen LogP contribution >= 0.6 is 11.6 Å². The standard InChI is InChI=1S/C16H23ClFNO/c1-15(2)6-3-7-16(10-19,14(15)20)9-11-4-5-13(18)12(17)8-11/h4-5,8,14,20H,3,6-7,9-10,19H2,1-2H3. The van der Waals surface area contributed by atoms with Gasteiger partial charge < -0.3 is 10.8 Å². The van der Waals surface area contributed by atoms with Crippen molar-refractivity contribution in [3.05, 3.63) is 34.6 Å². The average molecular weight is 300 g/mol. The maximum atomic E-state index is 13.2. The summed E-state index contributed by atoms with van der Waals surface area (Å²) >= 11 is 5.84. The van der Waals surface area contributed by atoms with E-state index in [0.717, 1.165) is 24.8 Å². The van der Waals surface area contributed by atoms with Crippen LogP contribution in [0.15, 0.2) is 18.2 Å².